The van der Waals surface area contributed by atoms with Crippen molar-refractivity contribution in [1.82, 2.24) is 9.80 Å². The van der Waals surface area contributed by atoms with Crippen molar-refractivity contribution in [1.29, 1.82) is 0 Å². The van der Waals surface area contributed by atoms with E-state index in [1.54, 1.807) is 44.4 Å². The van der Waals surface area contributed by atoms with Gasteiger partial charge in [0.15, 0.2) is 9.84 Å². The Labute approximate surface area is 162 Å². The summed E-state index contributed by atoms with van der Waals surface area (Å²) < 4.78 is 23.7. The number of carbonyl (C=O) groups excluding carboxylic acids is 2. The number of benzene rings is 1. The molecule has 2 aliphatic rings. The van der Waals surface area contributed by atoms with Crippen LogP contribution < -0.4 is 0 Å². The molecule has 0 spiro atoms. The standard InChI is InChI=1S/C17H18N2O4S3/c1-18(13-7-8-26(22,23)10-13)15(20)12-5-3-11(4-6-12)9-14-16(21)19(2)17(24)25-14/h3-6,9,13H,7-8,10H2,1-2H3/b14-9-/t13-/m0/s1. The predicted molar refractivity (Wildman–Crippen MR) is 107 cm³/mol. The summed E-state index contributed by atoms with van der Waals surface area (Å²) in [5.74, 6) is -0.198. The summed E-state index contributed by atoms with van der Waals surface area (Å²) >= 11 is 6.34. The smallest absolute Gasteiger partial charge is 0.265 e. The van der Waals surface area contributed by atoms with Crippen molar-refractivity contribution >= 4 is 56.0 Å². The van der Waals surface area contributed by atoms with E-state index in [-0.39, 0.29) is 29.4 Å². The van der Waals surface area contributed by atoms with Gasteiger partial charge in [0.05, 0.1) is 16.4 Å². The van der Waals surface area contributed by atoms with E-state index in [0.717, 1.165) is 5.56 Å². The van der Waals surface area contributed by atoms with Crippen molar-refractivity contribution in [3.8, 4) is 0 Å². The zero-order valence-corrected chi connectivity index (χ0v) is 16.8. The quantitative estimate of drug-likeness (QED) is 0.559. The highest BCUT2D eigenvalue weighted by Crippen LogP contribution is 2.31. The van der Waals surface area contributed by atoms with Crippen LogP contribution in [0, 0.1) is 0 Å². The topological polar surface area (TPSA) is 74.8 Å². The number of sulfone groups is 1. The van der Waals surface area contributed by atoms with E-state index in [1.807, 2.05) is 0 Å². The molecule has 0 saturated carbocycles. The van der Waals surface area contributed by atoms with Crippen LogP contribution in [0.25, 0.3) is 6.08 Å². The minimum atomic E-state index is -3.04. The Hall–Kier alpha value is -1.71. The number of rotatable bonds is 3. The largest absolute Gasteiger partial charge is 0.338 e. The second-order valence-corrected chi connectivity index (χ2v) is 10.2. The van der Waals surface area contributed by atoms with Gasteiger partial charge in [-0.2, -0.15) is 0 Å². The van der Waals surface area contributed by atoms with Gasteiger partial charge in [0.25, 0.3) is 11.8 Å². The summed E-state index contributed by atoms with van der Waals surface area (Å²) in [5.41, 5.74) is 1.28. The molecular formula is C17H18N2O4S3. The van der Waals surface area contributed by atoms with Gasteiger partial charge in [-0.15, -0.1) is 0 Å². The fraction of sp³-hybridized carbons (Fsp3) is 0.353. The van der Waals surface area contributed by atoms with Crippen LogP contribution in [-0.4, -0.2) is 66.0 Å². The Kier molecular flexibility index (Phi) is 5.23. The van der Waals surface area contributed by atoms with Crippen LogP contribution in [0.15, 0.2) is 29.2 Å². The van der Waals surface area contributed by atoms with Crippen LogP contribution in [0.5, 0.6) is 0 Å². The number of thioether (sulfide) groups is 1. The van der Waals surface area contributed by atoms with E-state index in [9.17, 15) is 18.0 Å². The molecule has 3 rings (SSSR count). The van der Waals surface area contributed by atoms with Crippen molar-refractivity contribution in [2.75, 3.05) is 25.6 Å². The maximum absolute atomic E-state index is 12.6. The lowest BCUT2D eigenvalue weighted by Crippen LogP contribution is -2.37. The number of hydrogen-bond acceptors (Lipinski definition) is 6. The summed E-state index contributed by atoms with van der Waals surface area (Å²) in [7, 11) is 0.231. The minimum Gasteiger partial charge on any atom is -0.338 e. The van der Waals surface area contributed by atoms with Crippen molar-refractivity contribution in [3.63, 3.8) is 0 Å². The fourth-order valence-corrected chi connectivity index (χ4v) is 5.82. The van der Waals surface area contributed by atoms with E-state index in [0.29, 0.717) is 21.2 Å². The maximum atomic E-state index is 12.6. The van der Waals surface area contributed by atoms with Gasteiger partial charge in [-0.3, -0.25) is 14.5 Å². The first kappa shape index (κ1) is 19.1. The SMILES string of the molecule is CN1C(=O)/C(=C/c2ccc(C(=O)N(C)[C@H]3CCS(=O)(=O)C3)cc2)SC1=S. The van der Waals surface area contributed by atoms with Crippen molar-refractivity contribution in [2.45, 2.75) is 12.5 Å². The molecule has 0 radical (unpaired) electrons. The zero-order valence-electron chi connectivity index (χ0n) is 14.3. The Morgan fingerprint density at radius 3 is 2.50 bits per heavy atom. The van der Waals surface area contributed by atoms with Gasteiger partial charge in [-0.25, -0.2) is 8.42 Å². The van der Waals surface area contributed by atoms with Gasteiger partial charge in [0.2, 0.25) is 0 Å². The van der Waals surface area contributed by atoms with Crippen LogP contribution in [0.3, 0.4) is 0 Å². The average molecular weight is 411 g/mol. The molecule has 2 amide bonds. The molecule has 1 aromatic carbocycles. The van der Waals surface area contributed by atoms with E-state index < -0.39 is 9.84 Å². The molecule has 2 fully saturated rings. The minimum absolute atomic E-state index is 0.0200. The monoisotopic (exact) mass is 410 g/mol. The van der Waals surface area contributed by atoms with Crippen LogP contribution >= 0.6 is 24.0 Å². The lowest BCUT2D eigenvalue weighted by molar-refractivity contribution is -0.121. The molecule has 2 aliphatic heterocycles. The summed E-state index contributed by atoms with van der Waals surface area (Å²) in [6.07, 6.45) is 2.21. The van der Waals surface area contributed by atoms with Crippen LogP contribution in [0.2, 0.25) is 0 Å². The summed E-state index contributed by atoms with van der Waals surface area (Å²) in [5, 5.41) is 0. The second kappa shape index (κ2) is 7.13. The number of amides is 2. The Bertz CT molecular complexity index is 906. The molecule has 0 N–H and O–H groups in total. The molecule has 9 heteroatoms. The van der Waals surface area contributed by atoms with Gasteiger partial charge in [0.1, 0.15) is 4.32 Å². The molecule has 0 bridgehead atoms. The van der Waals surface area contributed by atoms with E-state index in [2.05, 4.69) is 0 Å². The second-order valence-electron chi connectivity index (χ2n) is 6.34. The predicted octanol–water partition coefficient (Wildman–Crippen LogP) is 1.78. The molecule has 138 valence electrons. The summed E-state index contributed by atoms with van der Waals surface area (Å²) in [4.78, 5) is 28.1. The third kappa shape index (κ3) is 3.84. The van der Waals surface area contributed by atoms with Gasteiger partial charge in [-0.05, 0) is 30.2 Å². The molecule has 0 aliphatic carbocycles. The first-order valence-corrected chi connectivity index (χ1v) is 11.0. The normalized spacial score (nSPS) is 23.7. The Balaban J connectivity index is 1.72. The molecule has 1 aromatic rings. The molecule has 0 aromatic heterocycles. The zero-order chi connectivity index (χ0) is 19.1. The summed E-state index contributed by atoms with van der Waals surface area (Å²) in [6, 6.07) is 6.60. The average Bonchev–Trinajstić information content (AvgIpc) is 3.09. The van der Waals surface area contributed by atoms with Gasteiger partial charge in [0, 0.05) is 25.7 Å². The third-order valence-electron chi connectivity index (χ3n) is 4.52. The van der Waals surface area contributed by atoms with Crippen LogP contribution in [0.1, 0.15) is 22.3 Å². The molecule has 26 heavy (non-hydrogen) atoms. The van der Waals surface area contributed by atoms with Crippen LogP contribution in [-0.2, 0) is 14.6 Å². The number of hydrogen-bond donors (Lipinski definition) is 0. The van der Waals surface area contributed by atoms with Crippen molar-refractivity contribution in [2.24, 2.45) is 0 Å². The first-order chi connectivity index (χ1) is 12.2. The first-order valence-electron chi connectivity index (χ1n) is 7.97. The lowest BCUT2D eigenvalue weighted by atomic mass is 10.1. The molecule has 0 unspecified atom stereocenters. The summed E-state index contributed by atoms with van der Waals surface area (Å²) in [6.45, 7) is 0. The van der Waals surface area contributed by atoms with E-state index in [1.165, 1.54) is 21.6 Å². The number of thiocarbonyl (C=S) groups is 1. The van der Waals surface area contributed by atoms with E-state index in [4.69, 9.17) is 12.2 Å². The third-order valence-corrected chi connectivity index (χ3v) is 7.75. The van der Waals surface area contributed by atoms with Crippen LogP contribution in [0.4, 0.5) is 0 Å². The van der Waals surface area contributed by atoms with Gasteiger partial charge >= 0.3 is 0 Å². The van der Waals surface area contributed by atoms with Crippen molar-refractivity contribution in [3.05, 3.63) is 40.3 Å². The molecular weight excluding hydrogens is 392 g/mol. The van der Waals surface area contributed by atoms with Gasteiger partial charge < -0.3 is 4.90 Å². The highest BCUT2D eigenvalue weighted by atomic mass is 32.2. The molecule has 2 saturated heterocycles. The number of carbonyl (C=O) groups is 2. The Morgan fingerprint density at radius 2 is 2.00 bits per heavy atom. The fourth-order valence-electron chi connectivity index (χ4n) is 2.87. The lowest BCUT2D eigenvalue weighted by Gasteiger charge is -2.23. The molecule has 1 atom stereocenters. The molecule has 6 nitrogen and oxygen atoms in total. The number of likely N-dealkylation sites (N-methyl/N-ethyl adjacent to an activating group) is 1. The molecule has 2 heterocycles. The Morgan fingerprint density at radius 1 is 1.35 bits per heavy atom. The van der Waals surface area contributed by atoms with Crippen molar-refractivity contribution < 1.29 is 18.0 Å². The maximum Gasteiger partial charge on any atom is 0.265 e. The van der Waals surface area contributed by atoms with Gasteiger partial charge in [-0.1, -0.05) is 36.1 Å². The highest BCUT2D eigenvalue weighted by Gasteiger charge is 2.33. The number of nitrogens with zero attached hydrogens (tertiary/aromatic N) is 2. The van der Waals surface area contributed by atoms with E-state index >= 15 is 0 Å². The highest BCUT2D eigenvalue weighted by molar-refractivity contribution is 8.26.